The highest BCUT2D eigenvalue weighted by molar-refractivity contribution is 6.03. The molecule has 2 N–H and O–H groups in total. The summed E-state index contributed by atoms with van der Waals surface area (Å²) in [5.41, 5.74) is 3.06. The smallest absolute Gasteiger partial charge is 0.270 e. The van der Waals surface area contributed by atoms with Gasteiger partial charge in [-0.1, -0.05) is 0 Å². The van der Waals surface area contributed by atoms with Crippen molar-refractivity contribution in [2.75, 3.05) is 19.7 Å². The molecule has 2 aromatic heterocycles. The Bertz CT molecular complexity index is 1080. The van der Waals surface area contributed by atoms with Crippen LogP contribution in [-0.4, -0.2) is 52.3 Å². The van der Waals surface area contributed by atoms with Crippen molar-refractivity contribution in [3.05, 3.63) is 52.6 Å². The Balaban J connectivity index is 1.45. The lowest BCUT2D eigenvalue weighted by molar-refractivity contribution is -0.118. The van der Waals surface area contributed by atoms with Gasteiger partial charge in [0.2, 0.25) is 5.91 Å². The molecule has 1 aliphatic heterocycles. The molecule has 3 heterocycles. The molecule has 9 heteroatoms. The number of carbonyl (C=O) groups is 3. The van der Waals surface area contributed by atoms with E-state index < -0.39 is 0 Å². The number of rotatable bonds is 9. The van der Waals surface area contributed by atoms with Crippen LogP contribution >= 0.6 is 0 Å². The number of nitrogens with zero attached hydrogens (tertiary/aromatic N) is 3. The number of aryl methyl sites for hydroxylation is 1. The SMILES string of the molecule is CC(=O)NCCNC(=O)c1nccc2c1CN(C(C)c1cc(C)c(OCC3CC3)cn1)C2=O. The van der Waals surface area contributed by atoms with Gasteiger partial charge in [0.15, 0.2) is 0 Å². The molecule has 0 aromatic carbocycles. The van der Waals surface area contributed by atoms with E-state index in [1.54, 1.807) is 17.2 Å². The van der Waals surface area contributed by atoms with E-state index in [-0.39, 0.29) is 42.5 Å². The predicted molar refractivity (Wildman–Crippen MR) is 121 cm³/mol. The first kappa shape index (κ1) is 22.7. The quantitative estimate of drug-likeness (QED) is 0.565. The van der Waals surface area contributed by atoms with Crippen LogP contribution in [0.1, 0.15) is 70.4 Å². The first-order valence-electron chi connectivity index (χ1n) is 11.3. The van der Waals surface area contributed by atoms with Crippen LogP contribution in [-0.2, 0) is 11.3 Å². The van der Waals surface area contributed by atoms with Crippen LogP contribution in [0.5, 0.6) is 5.75 Å². The van der Waals surface area contributed by atoms with Gasteiger partial charge in [-0.15, -0.1) is 0 Å². The summed E-state index contributed by atoms with van der Waals surface area (Å²) in [6.07, 6.45) is 5.65. The van der Waals surface area contributed by atoms with Crippen LogP contribution in [0.3, 0.4) is 0 Å². The molecule has 9 nitrogen and oxygen atoms in total. The van der Waals surface area contributed by atoms with E-state index in [4.69, 9.17) is 4.74 Å². The highest BCUT2D eigenvalue weighted by Crippen LogP contribution is 2.34. The van der Waals surface area contributed by atoms with E-state index in [9.17, 15) is 14.4 Å². The standard InChI is InChI=1S/C24H29N5O4/c1-14-10-20(28-11-21(14)33-13-17-4-5-17)15(2)29-12-19-18(24(29)32)6-7-26-22(19)23(31)27-9-8-25-16(3)30/h6-7,10-11,15,17H,4-5,8-9,12-13H2,1-3H3,(H,25,30)(H,27,31). The van der Waals surface area contributed by atoms with Crippen molar-refractivity contribution in [2.24, 2.45) is 5.92 Å². The molecule has 1 unspecified atom stereocenters. The number of amides is 3. The van der Waals surface area contributed by atoms with Crippen LogP contribution in [0.2, 0.25) is 0 Å². The second kappa shape index (κ2) is 9.56. The summed E-state index contributed by atoms with van der Waals surface area (Å²) in [7, 11) is 0. The van der Waals surface area contributed by atoms with Gasteiger partial charge < -0.3 is 20.3 Å². The van der Waals surface area contributed by atoms with E-state index in [1.165, 1.54) is 26.0 Å². The van der Waals surface area contributed by atoms with Gasteiger partial charge >= 0.3 is 0 Å². The minimum absolute atomic E-state index is 0.152. The fraction of sp³-hybridized carbons (Fsp3) is 0.458. The van der Waals surface area contributed by atoms with E-state index in [1.807, 2.05) is 19.9 Å². The van der Waals surface area contributed by atoms with Crippen molar-refractivity contribution < 1.29 is 19.1 Å². The second-order valence-corrected chi connectivity index (χ2v) is 8.66. The Kier molecular flexibility index (Phi) is 6.57. The van der Waals surface area contributed by atoms with Gasteiger partial charge in [0.25, 0.3) is 11.8 Å². The zero-order chi connectivity index (χ0) is 23.5. The molecule has 2 aromatic rings. The minimum atomic E-state index is -0.370. The average molecular weight is 452 g/mol. The second-order valence-electron chi connectivity index (χ2n) is 8.66. The number of hydrogen-bond acceptors (Lipinski definition) is 6. The summed E-state index contributed by atoms with van der Waals surface area (Å²) in [4.78, 5) is 47.2. The van der Waals surface area contributed by atoms with Crippen LogP contribution in [0.25, 0.3) is 0 Å². The molecule has 174 valence electrons. The maximum Gasteiger partial charge on any atom is 0.270 e. The van der Waals surface area contributed by atoms with Crippen LogP contribution in [0.15, 0.2) is 24.5 Å². The Morgan fingerprint density at radius 2 is 2.00 bits per heavy atom. The largest absolute Gasteiger partial charge is 0.491 e. The molecule has 0 saturated heterocycles. The molecular formula is C24H29N5O4. The Labute approximate surface area is 192 Å². The van der Waals surface area contributed by atoms with Crippen molar-refractivity contribution in [1.29, 1.82) is 0 Å². The summed E-state index contributed by atoms with van der Waals surface area (Å²) in [6, 6.07) is 3.32. The summed E-state index contributed by atoms with van der Waals surface area (Å²) in [6.45, 7) is 6.92. The van der Waals surface area contributed by atoms with Crippen molar-refractivity contribution in [2.45, 2.75) is 46.2 Å². The topological polar surface area (TPSA) is 114 Å². The number of pyridine rings is 2. The van der Waals surface area contributed by atoms with E-state index >= 15 is 0 Å². The van der Waals surface area contributed by atoms with Gasteiger partial charge in [-0.2, -0.15) is 0 Å². The zero-order valence-corrected chi connectivity index (χ0v) is 19.2. The molecule has 1 aliphatic carbocycles. The molecule has 1 atom stereocenters. The normalized spacial score (nSPS) is 15.7. The third kappa shape index (κ3) is 5.13. The molecule has 2 aliphatic rings. The number of hydrogen-bond donors (Lipinski definition) is 2. The number of aromatic nitrogens is 2. The molecule has 0 radical (unpaired) electrons. The lowest BCUT2D eigenvalue weighted by atomic mass is 10.1. The van der Waals surface area contributed by atoms with Crippen molar-refractivity contribution >= 4 is 17.7 Å². The molecule has 1 saturated carbocycles. The average Bonchev–Trinajstić information content (AvgIpc) is 3.56. The number of carbonyl (C=O) groups excluding carboxylic acids is 3. The molecule has 33 heavy (non-hydrogen) atoms. The van der Waals surface area contributed by atoms with Crippen LogP contribution in [0.4, 0.5) is 0 Å². The highest BCUT2D eigenvalue weighted by atomic mass is 16.5. The third-order valence-corrected chi connectivity index (χ3v) is 6.03. The fourth-order valence-electron chi connectivity index (χ4n) is 3.85. The minimum Gasteiger partial charge on any atom is -0.491 e. The van der Waals surface area contributed by atoms with Crippen molar-refractivity contribution in [3.8, 4) is 5.75 Å². The van der Waals surface area contributed by atoms with Crippen molar-refractivity contribution in [1.82, 2.24) is 25.5 Å². The lowest BCUT2D eigenvalue weighted by Crippen LogP contribution is -2.34. The summed E-state index contributed by atoms with van der Waals surface area (Å²) in [5, 5.41) is 5.36. The first-order valence-corrected chi connectivity index (χ1v) is 11.3. The third-order valence-electron chi connectivity index (χ3n) is 6.03. The van der Waals surface area contributed by atoms with Gasteiger partial charge in [-0.25, -0.2) is 0 Å². The van der Waals surface area contributed by atoms with Gasteiger partial charge in [-0.05, 0) is 50.3 Å². The van der Waals surface area contributed by atoms with E-state index in [0.717, 1.165) is 23.6 Å². The lowest BCUT2D eigenvalue weighted by Gasteiger charge is -2.24. The van der Waals surface area contributed by atoms with Gasteiger partial charge in [-0.3, -0.25) is 24.4 Å². The molecule has 0 spiro atoms. The molecule has 0 bridgehead atoms. The maximum atomic E-state index is 13.1. The number of fused-ring (bicyclic) bond motifs is 1. The summed E-state index contributed by atoms with van der Waals surface area (Å²) in [5.74, 6) is 0.751. The van der Waals surface area contributed by atoms with E-state index in [0.29, 0.717) is 23.6 Å². The molecule has 3 amide bonds. The van der Waals surface area contributed by atoms with Gasteiger partial charge in [0.1, 0.15) is 11.4 Å². The van der Waals surface area contributed by atoms with E-state index in [2.05, 4.69) is 20.6 Å². The number of ether oxygens (including phenoxy) is 1. The summed E-state index contributed by atoms with van der Waals surface area (Å²) >= 11 is 0. The van der Waals surface area contributed by atoms with Crippen LogP contribution in [0, 0.1) is 12.8 Å². The number of nitrogens with one attached hydrogen (secondary N) is 2. The molecule has 4 rings (SSSR count). The monoisotopic (exact) mass is 451 g/mol. The van der Waals surface area contributed by atoms with Crippen molar-refractivity contribution in [3.63, 3.8) is 0 Å². The zero-order valence-electron chi connectivity index (χ0n) is 19.2. The molecule has 1 fully saturated rings. The Morgan fingerprint density at radius 3 is 2.70 bits per heavy atom. The summed E-state index contributed by atoms with van der Waals surface area (Å²) < 4.78 is 5.87. The van der Waals surface area contributed by atoms with Gasteiger partial charge in [0, 0.05) is 43.9 Å². The molecular weight excluding hydrogens is 422 g/mol. The fourth-order valence-corrected chi connectivity index (χ4v) is 3.85. The first-order chi connectivity index (χ1) is 15.8. The predicted octanol–water partition coefficient (Wildman–Crippen LogP) is 2.16. The van der Waals surface area contributed by atoms with Gasteiger partial charge in [0.05, 0.1) is 24.5 Å². The van der Waals surface area contributed by atoms with Crippen LogP contribution < -0.4 is 15.4 Å². The maximum absolute atomic E-state index is 13.1. The highest BCUT2D eigenvalue weighted by Gasteiger charge is 2.35. The Hall–Kier alpha value is -3.49. The Morgan fingerprint density at radius 1 is 1.24 bits per heavy atom.